The number of imidazole rings is 1. The molecule has 3 aromatic rings. The number of pyridine rings is 1. The monoisotopic (exact) mass is 262 g/mol. The molecule has 90 valence electrons. The number of nitrogens with zero attached hydrogens (tertiary/aromatic N) is 4. The van der Waals surface area contributed by atoms with Gasteiger partial charge in [-0.2, -0.15) is 0 Å². The van der Waals surface area contributed by atoms with E-state index in [1.807, 2.05) is 0 Å². The van der Waals surface area contributed by atoms with Crippen molar-refractivity contribution in [2.24, 2.45) is 0 Å². The summed E-state index contributed by atoms with van der Waals surface area (Å²) in [5.74, 6) is -0.369. The van der Waals surface area contributed by atoms with Crippen LogP contribution in [0.3, 0.4) is 0 Å². The van der Waals surface area contributed by atoms with Crippen molar-refractivity contribution in [2.45, 2.75) is 6.92 Å². The molecule has 0 saturated carbocycles. The fourth-order valence-corrected chi connectivity index (χ4v) is 2.07. The highest BCUT2D eigenvalue weighted by Crippen LogP contribution is 2.24. The summed E-state index contributed by atoms with van der Waals surface area (Å²) >= 11 is 5.77. The third-order valence-corrected chi connectivity index (χ3v) is 2.83. The standard InChI is InChI=1S/C12H8ClFN4/c1-7-10(9-4-5-15-12(13)17-9)18-6-2-3-8(14)11(18)16-7/h2-6H,1H3. The van der Waals surface area contributed by atoms with Crippen molar-refractivity contribution in [3.8, 4) is 11.4 Å². The van der Waals surface area contributed by atoms with Gasteiger partial charge in [-0.25, -0.2) is 19.3 Å². The number of fused-ring (bicyclic) bond motifs is 1. The Labute approximate surface area is 107 Å². The maximum atomic E-state index is 13.6. The van der Waals surface area contributed by atoms with Gasteiger partial charge in [-0.3, -0.25) is 4.40 Å². The number of halogens is 2. The van der Waals surface area contributed by atoms with E-state index >= 15 is 0 Å². The van der Waals surface area contributed by atoms with E-state index in [1.54, 1.807) is 35.9 Å². The van der Waals surface area contributed by atoms with Gasteiger partial charge in [0.2, 0.25) is 5.28 Å². The molecule has 0 radical (unpaired) electrons. The Balaban J connectivity index is 2.36. The van der Waals surface area contributed by atoms with Gasteiger partial charge in [0.05, 0.1) is 17.1 Å². The molecule has 0 aliphatic carbocycles. The van der Waals surface area contributed by atoms with Crippen molar-refractivity contribution in [1.82, 2.24) is 19.4 Å². The quantitative estimate of drug-likeness (QED) is 0.634. The molecule has 0 fully saturated rings. The van der Waals surface area contributed by atoms with Crippen LogP contribution in [-0.4, -0.2) is 19.4 Å². The van der Waals surface area contributed by atoms with E-state index in [0.717, 1.165) is 0 Å². The SMILES string of the molecule is Cc1nc2c(F)cccn2c1-c1ccnc(Cl)n1. The van der Waals surface area contributed by atoms with E-state index in [-0.39, 0.29) is 16.7 Å². The Bertz CT molecular complexity index is 738. The zero-order chi connectivity index (χ0) is 12.7. The van der Waals surface area contributed by atoms with Crippen LogP contribution >= 0.6 is 11.6 Å². The molecule has 0 aromatic carbocycles. The Morgan fingerprint density at radius 1 is 1.28 bits per heavy atom. The van der Waals surface area contributed by atoms with Crippen molar-refractivity contribution < 1.29 is 4.39 Å². The van der Waals surface area contributed by atoms with E-state index in [1.165, 1.54) is 6.07 Å². The molecule has 0 N–H and O–H groups in total. The Morgan fingerprint density at radius 3 is 2.89 bits per heavy atom. The summed E-state index contributed by atoms with van der Waals surface area (Å²) in [6.45, 7) is 1.80. The Kier molecular flexibility index (Phi) is 2.48. The summed E-state index contributed by atoms with van der Waals surface area (Å²) in [5.41, 5.74) is 2.30. The van der Waals surface area contributed by atoms with Crippen LogP contribution in [0.2, 0.25) is 5.28 Å². The summed E-state index contributed by atoms with van der Waals surface area (Å²) in [7, 11) is 0. The Morgan fingerprint density at radius 2 is 2.11 bits per heavy atom. The second-order valence-electron chi connectivity index (χ2n) is 3.81. The molecule has 6 heteroatoms. The lowest BCUT2D eigenvalue weighted by Gasteiger charge is -2.02. The first kappa shape index (κ1) is 11.1. The van der Waals surface area contributed by atoms with Gasteiger partial charge in [-0.05, 0) is 36.7 Å². The van der Waals surface area contributed by atoms with Crippen LogP contribution in [0.5, 0.6) is 0 Å². The lowest BCUT2D eigenvalue weighted by atomic mass is 10.2. The molecule has 3 heterocycles. The fourth-order valence-electron chi connectivity index (χ4n) is 1.92. The Hall–Kier alpha value is -2.01. The predicted octanol–water partition coefficient (Wildman–Crippen LogP) is 2.89. The topological polar surface area (TPSA) is 43.1 Å². The number of aryl methyl sites for hydroxylation is 1. The number of hydrogen-bond donors (Lipinski definition) is 0. The first-order chi connectivity index (χ1) is 8.66. The van der Waals surface area contributed by atoms with Crippen LogP contribution in [0.15, 0.2) is 30.6 Å². The van der Waals surface area contributed by atoms with Crippen molar-refractivity contribution in [3.05, 3.63) is 47.4 Å². The van der Waals surface area contributed by atoms with Gasteiger partial charge in [0.1, 0.15) is 0 Å². The molecule has 0 amide bonds. The molecule has 0 atom stereocenters. The maximum absolute atomic E-state index is 13.6. The molecular formula is C12H8ClFN4. The zero-order valence-electron chi connectivity index (χ0n) is 9.43. The molecule has 0 spiro atoms. The summed E-state index contributed by atoms with van der Waals surface area (Å²) in [5, 5.41) is 0.151. The zero-order valence-corrected chi connectivity index (χ0v) is 10.2. The third kappa shape index (κ3) is 1.64. The largest absolute Gasteiger partial charge is 0.295 e. The number of aromatic nitrogens is 4. The average Bonchev–Trinajstić information content (AvgIpc) is 2.67. The van der Waals surface area contributed by atoms with E-state index in [0.29, 0.717) is 17.1 Å². The summed E-state index contributed by atoms with van der Waals surface area (Å²) < 4.78 is 15.3. The van der Waals surface area contributed by atoms with Crippen molar-refractivity contribution in [2.75, 3.05) is 0 Å². The second-order valence-corrected chi connectivity index (χ2v) is 4.14. The summed E-state index contributed by atoms with van der Waals surface area (Å²) in [4.78, 5) is 12.2. The molecule has 0 bridgehead atoms. The molecule has 0 aliphatic heterocycles. The van der Waals surface area contributed by atoms with E-state index in [2.05, 4.69) is 15.0 Å². The molecule has 3 rings (SSSR count). The van der Waals surface area contributed by atoms with Gasteiger partial charge in [-0.15, -0.1) is 0 Å². The van der Waals surface area contributed by atoms with E-state index in [9.17, 15) is 4.39 Å². The lowest BCUT2D eigenvalue weighted by molar-refractivity contribution is 0.630. The van der Waals surface area contributed by atoms with Crippen LogP contribution in [0.25, 0.3) is 17.0 Å². The minimum Gasteiger partial charge on any atom is -0.295 e. The van der Waals surface area contributed by atoms with Crippen LogP contribution < -0.4 is 0 Å². The highest BCUT2D eigenvalue weighted by Gasteiger charge is 2.14. The minimum absolute atomic E-state index is 0.151. The summed E-state index contributed by atoms with van der Waals surface area (Å²) in [6.07, 6.45) is 3.30. The van der Waals surface area contributed by atoms with Crippen LogP contribution in [0.1, 0.15) is 5.69 Å². The van der Waals surface area contributed by atoms with Crippen LogP contribution in [0, 0.1) is 12.7 Å². The van der Waals surface area contributed by atoms with Gasteiger partial charge in [0.25, 0.3) is 0 Å². The van der Waals surface area contributed by atoms with E-state index < -0.39 is 0 Å². The second kappa shape index (κ2) is 4.03. The van der Waals surface area contributed by atoms with Gasteiger partial charge in [-0.1, -0.05) is 0 Å². The first-order valence-corrected chi connectivity index (χ1v) is 5.66. The normalized spacial score (nSPS) is 11.1. The lowest BCUT2D eigenvalue weighted by Crippen LogP contribution is -1.94. The highest BCUT2D eigenvalue weighted by molar-refractivity contribution is 6.28. The van der Waals surface area contributed by atoms with Crippen molar-refractivity contribution >= 4 is 17.2 Å². The molecule has 0 saturated heterocycles. The average molecular weight is 263 g/mol. The molecule has 18 heavy (non-hydrogen) atoms. The molecule has 0 aliphatic rings. The van der Waals surface area contributed by atoms with Gasteiger partial charge < -0.3 is 0 Å². The van der Waals surface area contributed by atoms with Crippen LogP contribution in [-0.2, 0) is 0 Å². The van der Waals surface area contributed by atoms with Gasteiger partial charge >= 0.3 is 0 Å². The summed E-state index contributed by atoms with van der Waals surface area (Å²) in [6, 6.07) is 4.71. The number of hydrogen-bond acceptors (Lipinski definition) is 3. The van der Waals surface area contributed by atoms with Gasteiger partial charge in [0.15, 0.2) is 11.5 Å². The fraction of sp³-hybridized carbons (Fsp3) is 0.0833. The maximum Gasteiger partial charge on any atom is 0.222 e. The predicted molar refractivity (Wildman–Crippen MR) is 65.9 cm³/mol. The molecule has 0 unspecified atom stereocenters. The number of rotatable bonds is 1. The van der Waals surface area contributed by atoms with E-state index in [4.69, 9.17) is 11.6 Å². The van der Waals surface area contributed by atoms with Gasteiger partial charge in [0, 0.05) is 12.4 Å². The minimum atomic E-state index is -0.369. The molecular weight excluding hydrogens is 255 g/mol. The first-order valence-electron chi connectivity index (χ1n) is 5.29. The molecule has 3 aromatic heterocycles. The highest BCUT2D eigenvalue weighted by atomic mass is 35.5. The molecule has 4 nitrogen and oxygen atoms in total. The smallest absolute Gasteiger partial charge is 0.222 e. The third-order valence-electron chi connectivity index (χ3n) is 2.65. The van der Waals surface area contributed by atoms with Crippen LogP contribution in [0.4, 0.5) is 4.39 Å². The van der Waals surface area contributed by atoms with Crippen molar-refractivity contribution in [1.29, 1.82) is 0 Å². The van der Waals surface area contributed by atoms with Crippen molar-refractivity contribution in [3.63, 3.8) is 0 Å².